The molecule has 0 spiro atoms. The molecule has 0 fully saturated rings. The monoisotopic (exact) mass is 344 g/mol. The van der Waals surface area contributed by atoms with Crippen LogP contribution in [0.25, 0.3) is 10.7 Å². The van der Waals surface area contributed by atoms with Crippen molar-refractivity contribution in [3.8, 4) is 16.5 Å². The van der Waals surface area contributed by atoms with Crippen LogP contribution in [-0.2, 0) is 6.54 Å². The minimum absolute atomic E-state index is 0.121. The third-order valence-electron chi connectivity index (χ3n) is 3.19. The van der Waals surface area contributed by atoms with Crippen LogP contribution in [0.4, 0.5) is 4.39 Å². The number of methoxy groups -OCH3 is 1. The molecule has 3 rings (SSSR count). The van der Waals surface area contributed by atoms with Gasteiger partial charge in [0.1, 0.15) is 27.8 Å². The first-order valence-corrected chi connectivity index (χ1v) is 7.88. The fourth-order valence-corrected chi connectivity index (χ4v) is 2.85. The van der Waals surface area contributed by atoms with E-state index in [4.69, 9.17) is 4.74 Å². The highest BCUT2D eigenvalue weighted by Gasteiger charge is 2.17. The second kappa shape index (κ2) is 7.14. The number of nitrogens with zero attached hydrogens (tertiary/aromatic N) is 3. The standard InChI is InChI=1S/C16H13FN4O2S/c1-23-13-4-2-3-11(17)14(13)15(22)20-7-10-9-24-16(21-10)12-8-18-5-6-19-12/h2-6,8-9H,7H2,1H3,(H,20,22). The number of thiazole rings is 1. The number of halogens is 1. The molecule has 24 heavy (non-hydrogen) atoms. The van der Waals surface area contributed by atoms with E-state index in [1.54, 1.807) is 18.6 Å². The Hall–Kier alpha value is -2.87. The van der Waals surface area contributed by atoms with Gasteiger partial charge in [-0.15, -0.1) is 11.3 Å². The summed E-state index contributed by atoms with van der Waals surface area (Å²) in [6.07, 6.45) is 4.79. The van der Waals surface area contributed by atoms with Gasteiger partial charge in [0.25, 0.3) is 5.91 Å². The summed E-state index contributed by atoms with van der Waals surface area (Å²) in [6, 6.07) is 4.23. The summed E-state index contributed by atoms with van der Waals surface area (Å²) < 4.78 is 18.9. The van der Waals surface area contributed by atoms with Gasteiger partial charge in [-0.1, -0.05) is 6.07 Å². The van der Waals surface area contributed by atoms with E-state index in [1.807, 2.05) is 5.38 Å². The summed E-state index contributed by atoms with van der Waals surface area (Å²) in [5.41, 5.74) is 1.20. The molecular formula is C16H13FN4O2S. The molecule has 0 aliphatic rings. The van der Waals surface area contributed by atoms with Crippen molar-refractivity contribution in [2.24, 2.45) is 0 Å². The highest BCUT2D eigenvalue weighted by Crippen LogP contribution is 2.22. The molecule has 0 unspecified atom stereocenters. The molecule has 0 saturated carbocycles. The molecule has 0 aliphatic heterocycles. The zero-order valence-corrected chi connectivity index (χ0v) is 13.5. The van der Waals surface area contributed by atoms with Gasteiger partial charge in [0.15, 0.2) is 0 Å². The zero-order chi connectivity index (χ0) is 16.9. The number of hydrogen-bond donors (Lipinski definition) is 1. The molecule has 0 aliphatic carbocycles. The number of benzene rings is 1. The molecule has 0 atom stereocenters. The summed E-state index contributed by atoms with van der Waals surface area (Å²) in [7, 11) is 1.39. The number of hydrogen-bond acceptors (Lipinski definition) is 6. The predicted molar refractivity (Wildman–Crippen MR) is 87.3 cm³/mol. The maximum absolute atomic E-state index is 13.9. The minimum atomic E-state index is -0.634. The van der Waals surface area contributed by atoms with Crippen molar-refractivity contribution >= 4 is 17.2 Å². The highest BCUT2D eigenvalue weighted by molar-refractivity contribution is 7.13. The van der Waals surface area contributed by atoms with Crippen LogP contribution >= 0.6 is 11.3 Å². The Morgan fingerprint density at radius 3 is 3.00 bits per heavy atom. The van der Waals surface area contributed by atoms with Crippen LogP contribution in [0.3, 0.4) is 0 Å². The smallest absolute Gasteiger partial charge is 0.258 e. The van der Waals surface area contributed by atoms with E-state index in [0.717, 1.165) is 0 Å². The fraction of sp³-hybridized carbons (Fsp3) is 0.125. The summed E-state index contributed by atoms with van der Waals surface area (Å²) in [6.45, 7) is 0.174. The molecule has 1 N–H and O–H groups in total. The Morgan fingerprint density at radius 1 is 1.38 bits per heavy atom. The first-order chi connectivity index (χ1) is 11.7. The second-order valence-electron chi connectivity index (χ2n) is 4.73. The van der Waals surface area contributed by atoms with Crippen molar-refractivity contribution in [3.63, 3.8) is 0 Å². The zero-order valence-electron chi connectivity index (χ0n) is 12.7. The van der Waals surface area contributed by atoms with Gasteiger partial charge >= 0.3 is 0 Å². The highest BCUT2D eigenvalue weighted by atomic mass is 32.1. The molecule has 0 radical (unpaired) electrons. The van der Waals surface area contributed by atoms with Gasteiger partial charge in [-0.25, -0.2) is 9.37 Å². The number of rotatable bonds is 5. The molecule has 0 saturated heterocycles. The number of aromatic nitrogens is 3. The SMILES string of the molecule is COc1cccc(F)c1C(=O)NCc1csc(-c2cnccn2)n1. The molecule has 3 aromatic rings. The van der Waals surface area contributed by atoms with Gasteiger partial charge in [-0.05, 0) is 12.1 Å². The lowest BCUT2D eigenvalue weighted by Crippen LogP contribution is -2.24. The largest absolute Gasteiger partial charge is 0.496 e. The van der Waals surface area contributed by atoms with E-state index in [0.29, 0.717) is 16.4 Å². The summed E-state index contributed by atoms with van der Waals surface area (Å²) in [4.78, 5) is 24.8. The van der Waals surface area contributed by atoms with Crippen LogP contribution in [0, 0.1) is 5.82 Å². The van der Waals surface area contributed by atoms with E-state index in [9.17, 15) is 9.18 Å². The Morgan fingerprint density at radius 2 is 2.25 bits per heavy atom. The van der Waals surface area contributed by atoms with E-state index in [1.165, 1.54) is 36.6 Å². The molecule has 8 heteroatoms. The fourth-order valence-electron chi connectivity index (χ4n) is 2.07. The number of ether oxygens (including phenoxy) is 1. The summed E-state index contributed by atoms with van der Waals surface area (Å²) >= 11 is 1.40. The Kier molecular flexibility index (Phi) is 4.76. The molecule has 0 bridgehead atoms. The van der Waals surface area contributed by atoms with Crippen molar-refractivity contribution in [2.45, 2.75) is 6.54 Å². The lowest BCUT2D eigenvalue weighted by molar-refractivity contribution is 0.0943. The lowest BCUT2D eigenvalue weighted by Gasteiger charge is -2.09. The molecule has 1 aromatic carbocycles. The Bertz CT molecular complexity index is 854. The van der Waals surface area contributed by atoms with Gasteiger partial charge in [-0.3, -0.25) is 14.8 Å². The van der Waals surface area contributed by atoms with E-state index in [2.05, 4.69) is 20.3 Å². The second-order valence-corrected chi connectivity index (χ2v) is 5.59. The lowest BCUT2D eigenvalue weighted by atomic mass is 10.1. The predicted octanol–water partition coefficient (Wildman–Crippen LogP) is 2.68. The van der Waals surface area contributed by atoms with E-state index in [-0.39, 0.29) is 17.9 Å². The van der Waals surface area contributed by atoms with Crippen molar-refractivity contribution < 1.29 is 13.9 Å². The van der Waals surface area contributed by atoms with Gasteiger partial charge in [0.05, 0.1) is 25.5 Å². The van der Waals surface area contributed by atoms with Crippen molar-refractivity contribution in [1.82, 2.24) is 20.3 Å². The van der Waals surface area contributed by atoms with Crippen LogP contribution in [0.1, 0.15) is 16.1 Å². The van der Waals surface area contributed by atoms with Crippen LogP contribution in [0.15, 0.2) is 42.2 Å². The topological polar surface area (TPSA) is 77.0 Å². The van der Waals surface area contributed by atoms with Crippen molar-refractivity contribution in [1.29, 1.82) is 0 Å². The van der Waals surface area contributed by atoms with Crippen molar-refractivity contribution in [3.05, 3.63) is 59.2 Å². The van der Waals surface area contributed by atoms with Crippen LogP contribution in [0.2, 0.25) is 0 Å². The average Bonchev–Trinajstić information content (AvgIpc) is 3.09. The molecule has 6 nitrogen and oxygen atoms in total. The molecular weight excluding hydrogens is 331 g/mol. The quantitative estimate of drug-likeness (QED) is 0.770. The average molecular weight is 344 g/mol. The van der Waals surface area contributed by atoms with Gasteiger partial charge in [0, 0.05) is 17.8 Å². The maximum Gasteiger partial charge on any atom is 0.258 e. The molecule has 2 heterocycles. The third kappa shape index (κ3) is 3.38. The van der Waals surface area contributed by atoms with Crippen LogP contribution in [0.5, 0.6) is 5.75 Å². The summed E-state index contributed by atoms with van der Waals surface area (Å²) in [5, 5.41) is 5.16. The normalized spacial score (nSPS) is 10.4. The maximum atomic E-state index is 13.9. The number of carbonyl (C=O) groups excluding carboxylic acids is 1. The third-order valence-corrected chi connectivity index (χ3v) is 4.10. The Balaban J connectivity index is 1.71. The first kappa shape index (κ1) is 16.0. The van der Waals surface area contributed by atoms with Gasteiger partial charge in [-0.2, -0.15) is 0 Å². The molecule has 122 valence electrons. The molecule has 2 aromatic heterocycles. The summed E-state index contributed by atoms with van der Waals surface area (Å²) in [5.74, 6) is -1.00. The minimum Gasteiger partial charge on any atom is -0.496 e. The van der Waals surface area contributed by atoms with Crippen LogP contribution in [-0.4, -0.2) is 28.0 Å². The van der Waals surface area contributed by atoms with Crippen LogP contribution < -0.4 is 10.1 Å². The van der Waals surface area contributed by atoms with Gasteiger partial charge in [0.2, 0.25) is 0 Å². The Labute approximate surface area is 141 Å². The molecule has 1 amide bonds. The first-order valence-electron chi connectivity index (χ1n) is 7.00. The van der Waals surface area contributed by atoms with E-state index < -0.39 is 11.7 Å². The number of amides is 1. The van der Waals surface area contributed by atoms with Gasteiger partial charge < -0.3 is 10.1 Å². The van der Waals surface area contributed by atoms with Crippen molar-refractivity contribution in [2.75, 3.05) is 7.11 Å². The number of nitrogens with one attached hydrogen (secondary N) is 1. The number of carbonyl (C=O) groups is 1. The van der Waals surface area contributed by atoms with E-state index >= 15 is 0 Å².